The van der Waals surface area contributed by atoms with Gasteiger partial charge in [-0.25, -0.2) is 0 Å². The lowest BCUT2D eigenvalue weighted by atomic mass is 9.71. The fraction of sp³-hybridized carbons (Fsp3) is 0.783. The lowest BCUT2D eigenvalue weighted by Gasteiger charge is -2.54. The van der Waals surface area contributed by atoms with Gasteiger partial charge in [-0.3, -0.25) is 9.59 Å². The van der Waals surface area contributed by atoms with Crippen molar-refractivity contribution in [2.45, 2.75) is 85.7 Å². The first-order chi connectivity index (χ1) is 13.5. The Labute approximate surface area is 189 Å². The van der Waals surface area contributed by atoms with E-state index in [1.165, 1.54) is 6.08 Å². The molecule has 1 fully saturated rings. The first-order valence-corrected chi connectivity index (χ1v) is 14.1. The molecule has 0 aliphatic carbocycles. The first kappa shape index (κ1) is 27.0. The average molecular weight is 456 g/mol. The maximum atomic E-state index is 13.1. The Bertz CT molecular complexity index is 678. The largest absolute Gasteiger partial charge is 0.460 e. The molecular formula is C23H41NO4SSi. The Balaban J connectivity index is 3.14. The number of carbonyl (C=O) groups is 2. The molecule has 7 heteroatoms. The lowest BCUT2D eigenvalue weighted by Crippen LogP contribution is -2.69. The van der Waals surface area contributed by atoms with Crippen LogP contribution in [0.2, 0.25) is 18.1 Å². The summed E-state index contributed by atoms with van der Waals surface area (Å²) in [6, 6.07) is -0.180. The number of hydrogen-bond donors (Lipinski definition) is 0. The minimum Gasteiger partial charge on any atom is -0.460 e. The zero-order valence-electron chi connectivity index (χ0n) is 20.5. The van der Waals surface area contributed by atoms with Gasteiger partial charge in [0.15, 0.2) is 8.32 Å². The van der Waals surface area contributed by atoms with Crippen molar-refractivity contribution in [1.29, 1.82) is 0 Å². The molecule has 1 rings (SSSR count). The van der Waals surface area contributed by atoms with Gasteiger partial charge in [-0.15, -0.1) is 0 Å². The van der Waals surface area contributed by atoms with Crippen LogP contribution in [0.3, 0.4) is 0 Å². The van der Waals surface area contributed by atoms with Crippen LogP contribution in [-0.2, 0) is 18.8 Å². The molecule has 30 heavy (non-hydrogen) atoms. The number of β-lactam (4-membered cyclic amide) rings is 1. The van der Waals surface area contributed by atoms with Crippen molar-refractivity contribution in [3.8, 4) is 0 Å². The summed E-state index contributed by atoms with van der Waals surface area (Å²) in [5.41, 5.74) is -0.170. The summed E-state index contributed by atoms with van der Waals surface area (Å²) < 4.78 is 11.7. The van der Waals surface area contributed by atoms with Crippen LogP contribution < -0.4 is 0 Å². The van der Waals surface area contributed by atoms with Crippen LogP contribution in [0.25, 0.3) is 0 Å². The standard InChI is InChI=1S/C23H41NO4SSi/c1-12-13-27-17(25)14-24-19(15(2)20(29)22(4,5)6)18(21(24)26)16(3)28-30(10,11)23(7,8)9/h12,15-16,18-19H,1,13-14H2,2-11H3/t15-,16-,18-,19-/m1/s1. The van der Waals surface area contributed by atoms with Gasteiger partial charge in [0.1, 0.15) is 13.2 Å². The predicted octanol–water partition coefficient (Wildman–Crippen LogP) is 5.01. The van der Waals surface area contributed by atoms with Gasteiger partial charge in [-0.05, 0) is 30.5 Å². The summed E-state index contributed by atoms with van der Waals surface area (Å²) in [6.07, 6.45) is 1.27. The molecular weight excluding hydrogens is 414 g/mol. The third-order valence-electron chi connectivity index (χ3n) is 6.42. The first-order valence-electron chi connectivity index (χ1n) is 10.7. The number of ether oxygens (including phenoxy) is 1. The van der Waals surface area contributed by atoms with E-state index in [1.54, 1.807) is 4.90 Å². The molecule has 0 spiro atoms. The molecule has 0 radical (unpaired) electrons. The van der Waals surface area contributed by atoms with Gasteiger partial charge >= 0.3 is 5.97 Å². The van der Waals surface area contributed by atoms with Crippen molar-refractivity contribution in [3.63, 3.8) is 0 Å². The van der Waals surface area contributed by atoms with E-state index < -0.39 is 14.3 Å². The van der Waals surface area contributed by atoms with Gasteiger partial charge in [0.05, 0.1) is 18.1 Å². The van der Waals surface area contributed by atoms with Gasteiger partial charge in [0.25, 0.3) is 0 Å². The van der Waals surface area contributed by atoms with Crippen molar-refractivity contribution < 1.29 is 18.8 Å². The summed E-state index contributed by atoms with van der Waals surface area (Å²) in [4.78, 5) is 27.8. The van der Waals surface area contributed by atoms with E-state index in [2.05, 4.69) is 68.1 Å². The van der Waals surface area contributed by atoms with Crippen LogP contribution in [0.15, 0.2) is 12.7 Å². The van der Waals surface area contributed by atoms with E-state index in [0.29, 0.717) is 0 Å². The molecule has 0 aromatic carbocycles. The van der Waals surface area contributed by atoms with Gasteiger partial charge in [0, 0.05) is 10.8 Å². The SMILES string of the molecule is C=CCOC(=O)CN1C(=O)[C@H]([C@@H](C)O[Si](C)(C)C(C)(C)C)[C@H]1[C@@H](C)C(=S)C(C)(C)C. The molecule has 0 N–H and O–H groups in total. The molecule has 0 aromatic rings. The van der Waals surface area contributed by atoms with Crippen molar-refractivity contribution in [2.24, 2.45) is 17.3 Å². The number of likely N-dealkylation sites (tertiary alicyclic amines) is 1. The molecule has 172 valence electrons. The fourth-order valence-corrected chi connectivity index (χ4v) is 5.30. The molecule has 4 atom stereocenters. The maximum Gasteiger partial charge on any atom is 0.325 e. The second kappa shape index (κ2) is 9.61. The smallest absolute Gasteiger partial charge is 0.325 e. The van der Waals surface area contributed by atoms with E-state index in [9.17, 15) is 9.59 Å². The molecule has 1 aliphatic rings. The van der Waals surface area contributed by atoms with Gasteiger partial charge in [0.2, 0.25) is 5.91 Å². The summed E-state index contributed by atoms with van der Waals surface area (Å²) in [5.74, 6) is -0.856. The minimum absolute atomic E-state index is 0.0413. The van der Waals surface area contributed by atoms with Crippen LogP contribution in [0.1, 0.15) is 55.4 Å². The summed E-state index contributed by atoms with van der Waals surface area (Å²) in [5, 5.41) is 0.0457. The minimum atomic E-state index is -2.05. The molecule has 1 saturated heterocycles. The maximum absolute atomic E-state index is 13.1. The van der Waals surface area contributed by atoms with Crippen molar-refractivity contribution >= 4 is 37.3 Å². The highest BCUT2D eigenvalue weighted by molar-refractivity contribution is 7.80. The Morgan fingerprint density at radius 1 is 1.23 bits per heavy atom. The Morgan fingerprint density at radius 3 is 2.20 bits per heavy atom. The number of nitrogens with zero attached hydrogens (tertiary/aromatic N) is 1. The number of amides is 1. The summed E-state index contributed by atoms with van der Waals surface area (Å²) in [6.45, 7) is 24.8. The van der Waals surface area contributed by atoms with Crippen molar-refractivity contribution in [3.05, 3.63) is 12.7 Å². The van der Waals surface area contributed by atoms with Gasteiger partial charge in [-0.1, -0.05) is 73.3 Å². The van der Waals surface area contributed by atoms with Gasteiger partial charge in [-0.2, -0.15) is 0 Å². The molecule has 1 heterocycles. The number of rotatable bonds is 9. The monoisotopic (exact) mass is 455 g/mol. The van der Waals surface area contributed by atoms with E-state index in [0.717, 1.165) is 4.86 Å². The molecule has 5 nitrogen and oxygen atoms in total. The van der Waals surface area contributed by atoms with Crippen LogP contribution in [-0.4, -0.2) is 55.3 Å². The summed E-state index contributed by atoms with van der Waals surface area (Å²) >= 11 is 5.77. The van der Waals surface area contributed by atoms with E-state index in [1.807, 2.05) is 6.92 Å². The number of esters is 1. The lowest BCUT2D eigenvalue weighted by molar-refractivity contribution is -0.172. The highest BCUT2D eigenvalue weighted by atomic mass is 32.1. The van der Waals surface area contributed by atoms with E-state index in [4.69, 9.17) is 21.4 Å². The highest BCUT2D eigenvalue weighted by Crippen LogP contribution is 2.43. The normalized spacial score (nSPS) is 22.2. The predicted molar refractivity (Wildman–Crippen MR) is 129 cm³/mol. The Morgan fingerprint density at radius 2 is 1.77 bits per heavy atom. The van der Waals surface area contributed by atoms with Crippen LogP contribution in [0.4, 0.5) is 0 Å². The van der Waals surface area contributed by atoms with Crippen LogP contribution in [0, 0.1) is 17.3 Å². The number of thiocarbonyl (C=S) groups is 1. The van der Waals surface area contributed by atoms with Crippen LogP contribution in [0.5, 0.6) is 0 Å². The Hall–Kier alpha value is -1.05. The molecule has 0 saturated carbocycles. The fourth-order valence-electron chi connectivity index (χ4n) is 3.73. The molecule has 1 amide bonds. The van der Waals surface area contributed by atoms with Crippen molar-refractivity contribution in [2.75, 3.05) is 13.2 Å². The molecule has 0 aromatic heterocycles. The zero-order valence-corrected chi connectivity index (χ0v) is 22.3. The molecule has 0 bridgehead atoms. The third kappa shape index (κ3) is 6.01. The highest BCUT2D eigenvalue weighted by Gasteiger charge is 2.55. The number of hydrogen-bond acceptors (Lipinski definition) is 5. The number of carbonyl (C=O) groups excluding carboxylic acids is 2. The van der Waals surface area contributed by atoms with E-state index >= 15 is 0 Å². The summed E-state index contributed by atoms with van der Waals surface area (Å²) in [7, 11) is -2.05. The van der Waals surface area contributed by atoms with Crippen LogP contribution >= 0.6 is 12.2 Å². The third-order valence-corrected chi connectivity index (χ3v) is 12.0. The average Bonchev–Trinajstić information content (AvgIpc) is 2.58. The zero-order chi connectivity index (χ0) is 23.7. The van der Waals surface area contributed by atoms with Gasteiger partial charge < -0.3 is 14.1 Å². The Kier molecular flexibility index (Phi) is 8.65. The topological polar surface area (TPSA) is 55.8 Å². The molecule has 0 unspecified atom stereocenters. The molecule has 1 aliphatic heterocycles. The quantitative estimate of drug-likeness (QED) is 0.161. The van der Waals surface area contributed by atoms with E-state index in [-0.39, 0.29) is 53.5 Å². The second-order valence-corrected chi connectivity index (χ2v) is 16.1. The second-order valence-electron chi connectivity index (χ2n) is 10.9. The van der Waals surface area contributed by atoms with Crippen molar-refractivity contribution in [1.82, 2.24) is 4.90 Å².